The molecule has 0 saturated carbocycles. The molecule has 3 N–H and O–H groups in total. The van der Waals surface area contributed by atoms with Crippen molar-refractivity contribution in [1.29, 1.82) is 5.41 Å². The van der Waals surface area contributed by atoms with Crippen LogP contribution in [-0.4, -0.2) is 11.6 Å². The first-order valence-electron chi connectivity index (χ1n) is 4.00. The molecule has 0 bridgehead atoms. The molecular weight excluding hydrogens is 206 g/mol. The molecule has 0 aromatic heterocycles. The largest absolute Gasteiger partial charge is 0.388 e. The van der Waals surface area contributed by atoms with Crippen LogP contribution in [0.1, 0.15) is 6.42 Å². The normalized spacial score (nSPS) is 10.1. The third-order valence-corrected chi connectivity index (χ3v) is 2.55. The van der Waals surface area contributed by atoms with Gasteiger partial charge in [0, 0.05) is 17.1 Å². The second kappa shape index (κ2) is 4.95. The van der Waals surface area contributed by atoms with Crippen LogP contribution in [0.2, 0.25) is 0 Å². The van der Waals surface area contributed by atoms with Crippen LogP contribution in [0.15, 0.2) is 23.1 Å². The third kappa shape index (κ3) is 3.33. The molecule has 0 aliphatic carbocycles. The maximum atomic E-state index is 13.0. The number of hydrogen-bond donors (Lipinski definition) is 2. The topological polar surface area (TPSA) is 49.9 Å². The number of amidine groups is 1. The number of nitrogens with one attached hydrogen (secondary N) is 1. The Hall–Kier alpha value is -1.10. The van der Waals surface area contributed by atoms with E-state index in [9.17, 15) is 8.78 Å². The Morgan fingerprint density at radius 2 is 2.14 bits per heavy atom. The molecule has 0 spiro atoms. The van der Waals surface area contributed by atoms with E-state index in [0.29, 0.717) is 12.2 Å². The molecule has 1 rings (SSSR count). The Bertz CT molecular complexity index is 342. The highest BCUT2D eigenvalue weighted by Gasteiger charge is 2.04. The number of nitrogens with two attached hydrogens (primary N) is 1. The summed E-state index contributed by atoms with van der Waals surface area (Å²) < 4.78 is 25.7. The second-order valence-electron chi connectivity index (χ2n) is 2.70. The van der Waals surface area contributed by atoms with Crippen LogP contribution in [-0.2, 0) is 0 Å². The second-order valence-corrected chi connectivity index (χ2v) is 3.84. The van der Waals surface area contributed by atoms with Gasteiger partial charge in [0.2, 0.25) is 0 Å². The van der Waals surface area contributed by atoms with Gasteiger partial charge >= 0.3 is 0 Å². The summed E-state index contributed by atoms with van der Waals surface area (Å²) in [5.41, 5.74) is 5.13. The summed E-state index contributed by atoms with van der Waals surface area (Å²) in [6, 6.07) is 3.30. The number of thioether (sulfide) groups is 1. The Labute approximate surface area is 85.0 Å². The fraction of sp³-hybridized carbons (Fsp3) is 0.222. The van der Waals surface area contributed by atoms with E-state index in [1.54, 1.807) is 0 Å². The first kappa shape index (κ1) is 11.0. The lowest BCUT2D eigenvalue weighted by atomic mass is 10.3. The zero-order valence-corrected chi connectivity index (χ0v) is 8.20. The van der Waals surface area contributed by atoms with E-state index in [4.69, 9.17) is 11.1 Å². The van der Waals surface area contributed by atoms with Crippen LogP contribution in [0.25, 0.3) is 0 Å². The van der Waals surface area contributed by atoms with Gasteiger partial charge in [-0.1, -0.05) is 0 Å². The fourth-order valence-corrected chi connectivity index (χ4v) is 1.80. The molecule has 14 heavy (non-hydrogen) atoms. The Balaban J connectivity index is 2.57. The van der Waals surface area contributed by atoms with Gasteiger partial charge in [0.05, 0.1) is 5.84 Å². The van der Waals surface area contributed by atoms with Gasteiger partial charge in [-0.05, 0) is 18.2 Å². The smallest absolute Gasteiger partial charge is 0.136 e. The van der Waals surface area contributed by atoms with Crippen LogP contribution in [0.5, 0.6) is 0 Å². The molecule has 0 heterocycles. The van der Waals surface area contributed by atoms with Gasteiger partial charge in [-0.25, -0.2) is 8.78 Å². The van der Waals surface area contributed by atoms with E-state index in [2.05, 4.69) is 0 Å². The quantitative estimate of drug-likeness (QED) is 0.461. The standard InChI is InChI=1S/C9H10F2N2S/c10-6-1-2-7(11)8(5-6)14-4-3-9(12)13/h1-2,5H,3-4H2,(H3,12,13). The first-order chi connectivity index (χ1) is 6.59. The van der Waals surface area contributed by atoms with Gasteiger partial charge < -0.3 is 5.73 Å². The monoisotopic (exact) mass is 216 g/mol. The van der Waals surface area contributed by atoms with Crippen molar-refractivity contribution >= 4 is 17.6 Å². The molecule has 5 heteroatoms. The summed E-state index contributed by atoms with van der Waals surface area (Å²) in [6.07, 6.45) is 0.376. The lowest BCUT2D eigenvalue weighted by Gasteiger charge is -2.02. The maximum absolute atomic E-state index is 13.0. The molecule has 0 aliphatic heterocycles. The minimum atomic E-state index is -0.461. The predicted octanol–water partition coefficient (Wildman–Crippen LogP) is 2.38. The minimum absolute atomic E-state index is 0.0503. The summed E-state index contributed by atoms with van der Waals surface area (Å²) in [7, 11) is 0. The van der Waals surface area contributed by atoms with Crippen molar-refractivity contribution in [2.75, 3.05) is 5.75 Å². The van der Waals surface area contributed by atoms with Crippen molar-refractivity contribution in [3.63, 3.8) is 0 Å². The lowest BCUT2D eigenvalue weighted by Crippen LogP contribution is -2.09. The van der Waals surface area contributed by atoms with Crippen LogP contribution >= 0.6 is 11.8 Å². The van der Waals surface area contributed by atoms with Crippen molar-refractivity contribution in [1.82, 2.24) is 0 Å². The van der Waals surface area contributed by atoms with Crippen LogP contribution in [0.4, 0.5) is 8.78 Å². The number of halogens is 2. The first-order valence-corrected chi connectivity index (χ1v) is 4.99. The van der Waals surface area contributed by atoms with E-state index in [0.717, 1.165) is 30.0 Å². The minimum Gasteiger partial charge on any atom is -0.388 e. The highest BCUT2D eigenvalue weighted by molar-refractivity contribution is 7.99. The van der Waals surface area contributed by atoms with Crippen molar-refractivity contribution in [3.8, 4) is 0 Å². The number of hydrogen-bond acceptors (Lipinski definition) is 2. The van der Waals surface area contributed by atoms with Gasteiger partial charge in [-0.15, -0.1) is 11.8 Å². The van der Waals surface area contributed by atoms with E-state index in [1.807, 2.05) is 0 Å². The van der Waals surface area contributed by atoms with Gasteiger partial charge in [0.1, 0.15) is 11.6 Å². The molecule has 0 unspecified atom stereocenters. The molecule has 1 aromatic rings. The molecule has 2 nitrogen and oxygen atoms in total. The van der Waals surface area contributed by atoms with E-state index >= 15 is 0 Å². The molecule has 0 aliphatic rings. The number of rotatable bonds is 4. The molecule has 0 radical (unpaired) electrons. The summed E-state index contributed by atoms with van der Waals surface area (Å²) in [5, 5.41) is 6.95. The molecule has 0 saturated heterocycles. The highest BCUT2D eigenvalue weighted by atomic mass is 32.2. The number of benzene rings is 1. The van der Waals surface area contributed by atoms with Crippen LogP contribution in [0.3, 0.4) is 0 Å². The molecule has 0 fully saturated rings. The Morgan fingerprint density at radius 1 is 1.43 bits per heavy atom. The molecule has 0 atom stereocenters. The van der Waals surface area contributed by atoms with E-state index in [-0.39, 0.29) is 10.7 Å². The van der Waals surface area contributed by atoms with Crippen molar-refractivity contribution in [3.05, 3.63) is 29.8 Å². The molecule has 1 aromatic carbocycles. The molecule has 76 valence electrons. The molecular formula is C9H10F2N2S. The third-order valence-electron chi connectivity index (χ3n) is 1.52. The SMILES string of the molecule is N=C(N)CCSc1cc(F)ccc1F. The zero-order valence-electron chi connectivity index (χ0n) is 7.39. The van der Waals surface area contributed by atoms with Crippen molar-refractivity contribution in [2.24, 2.45) is 5.73 Å². The Morgan fingerprint density at radius 3 is 2.79 bits per heavy atom. The van der Waals surface area contributed by atoms with Crippen LogP contribution in [0, 0.1) is 17.0 Å². The highest BCUT2D eigenvalue weighted by Crippen LogP contribution is 2.22. The summed E-state index contributed by atoms with van der Waals surface area (Å²) in [4.78, 5) is 0.256. The van der Waals surface area contributed by atoms with E-state index < -0.39 is 11.6 Å². The summed E-state index contributed by atoms with van der Waals surface area (Å²) >= 11 is 1.15. The van der Waals surface area contributed by atoms with Crippen molar-refractivity contribution < 1.29 is 8.78 Å². The van der Waals surface area contributed by atoms with Crippen LogP contribution < -0.4 is 5.73 Å². The van der Waals surface area contributed by atoms with E-state index in [1.165, 1.54) is 0 Å². The fourth-order valence-electron chi connectivity index (χ4n) is 0.859. The van der Waals surface area contributed by atoms with Gasteiger partial charge in [-0.2, -0.15) is 0 Å². The zero-order chi connectivity index (χ0) is 10.6. The van der Waals surface area contributed by atoms with Crippen molar-refractivity contribution in [2.45, 2.75) is 11.3 Å². The summed E-state index contributed by atoms with van der Waals surface area (Å²) in [6.45, 7) is 0. The van der Waals surface area contributed by atoms with Gasteiger partial charge in [0.25, 0.3) is 0 Å². The van der Waals surface area contributed by atoms with Gasteiger partial charge in [0.15, 0.2) is 0 Å². The summed E-state index contributed by atoms with van der Waals surface area (Å²) in [5.74, 6) is -0.374. The predicted molar refractivity (Wildman–Crippen MR) is 53.6 cm³/mol. The maximum Gasteiger partial charge on any atom is 0.136 e. The molecule has 0 amide bonds. The average Bonchev–Trinajstić information content (AvgIpc) is 2.10. The lowest BCUT2D eigenvalue weighted by molar-refractivity contribution is 0.577. The van der Waals surface area contributed by atoms with Gasteiger partial charge in [-0.3, -0.25) is 5.41 Å². The average molecular weight is 216 g/mol. The Kier molecular flexibility index (Phi) is 3.88.